The first kappa shape index (κ1) is 25.6. The van der Waals surface area contributed by atoms with Crippen LogP contribution in [0.25, 0.3) is 44.5 Å². The molecule has 2 aliphatic carbocycles. The summed E-state index contributed by atoms with van der Waals surface area (Å²) >= 11 is 1.21. The van der Waals surface area contributed by atoms with E-state index < -0.39 is 12.2 Å². The zero-order valence-corrected chi connectivity index (χ0v) is 21.2. The van der Waals surface area contributed by atoms with Crippen molar-refractivity contribution < 1.29 is 22.3 Å². The number of hydrogen-bond acceptors (Lipinski definition) is 6. The molecule has 0 aliphatic heterocycles. The summed E-state index contributed by atoms with van der Waals surface area (Å²) in [6.07, 6.45) is -4.82. The Morgan fingerprint density at radius 3 is 1.63 bits per heavy atom. The van der Waals surface area contributed by atoms with Crippen LogP contribution in [-0.2, 0) is 0 Å². The zero-order valence-electron chi connectivity index (χ0n) is 20.4. The predicted molar refractivity (Wildman–Crippen MR) is 142 cm³/mol. The highest BCUT2D eigenvalue weighted by Gasteiger charge is 2.39. The molecule has 0 N–H and O–H groups in total. The van der Waals surface area contributed by atoms with E-state index in [2.05, 4.69) is 4.74 Å². The van der Waals surface area contributed by atoms with Gasteiger partial charge in [-0.25, -0.2) is 4.39 Å². The lowest BCUT2D eigenvalue weighted by Crippen LogP contribution is -2.16. The van der Waals surface area contributed by atoms with Gasteiger partial charge < -0.3 is 4.74 Å². The lowest BCUT2D eigenvalue weighted by Gasteiger charge is -2.11. The molecular weight excluding hydrogens is 552 g/mol. The molecule has 194 valence electrons. The summed E-state index contributed by atoms with van der Waals surface area (Å²) < 4.78 is 56.0. The molecule has 0 unspecified atom stereocenters. The summed E-state index contributed by atoms with van der Waals surface area (Å²) in [6.45, 7) is 0. The highest BCUT2D eigenvalue weighted by molar-refractivity contribution is 7.16. The standard InChI is InChI=1S/C31H10F4N4OS/c32-19-4-8-22-24(10-19)26(18(13-38)14-39)30-28(22)27-21-7-3-16(15-1-5-20(6-2-15)40-31(33,34)35)9-23(21)25(29(27)41-30)17(11-36)12-37/h1-10H. The molecule has 1 heterocycles. The molecule has 2 aliphatic rings. The van der Waals surface area contributed by atoms with Gasteiger partial charge in [0.25, 0.3) is 0 Å². The maximum absolute atomic E-state index is 14.3. The molecule has 1 aromatic heterocycles. The van der Waals surface area contributed by atoms with Gasteiger partial charge in [-0.05, 0) is 63.7 Å². The molecule has 0 atom stereocenters. The van der Waals surface area contributed by atoms with Crippen molar-refractivity contribution in [1.29, 1.82) is 21.0 Å². The van der Waals surface area contributed by atoms with Gasteiger partial charge >= 0.3 is 6.36 Å². The number of rotatable bonds is 2. The normalized spacial score (nSPS) is 12.2. The maximum Gasteiger partial charge on any atom is 0.573 e. The molecular formula is C31H10F4N4OS. The summed E-state index contributed by atoms with van der Waals surface area (Å²) in [4.78, 5) is 1.16. The van der Waals surface area contributed by atoms with E-state index in [-0.39, 0.29) is 16.9 Å². The number of nitriles is 4. The number of fused-ring (bicyclic) bond motifs is 7. The second-order valence-electron chi connectivity index (χ2n) is 8.98. The predicted octanol–water partition coefficient (Wildman–Crippen LogP) is 8.11. The lowest BCUT2D eigenvalue weighted by molar-refractivity contribution is -0.274. The van der Waals surface area contributed by atoms with Gasteiger partial charge in [0.15, 0.2) is 0 Å². The minimum atomic E-state index is -4.82. The largest absolute Gasteiger partial charge is 0.573 e. The highest BCUT2D eigenvalue weighted by Crippen LogP contribution is 2.61. The fourth-order valence-corrected chi connectivity index (χ4v) is 6.71. The van der Waals surface area contributed by atoms with Crippen LogP contribution in [0.3, 0.4) is 0 Å². The SMILES string of the molecule is N#CC(C#N)=C1c2cc(F)ccc2-c2c1sc1c2-c2ccc(-c3ccc(OC(F)(F)F)cc3)cc2C1=C(C#N)C#N. The monoisotopic (exact) mass is 562 g/mol. The number of alkyl halides is 3. The van der Waals surface area contributed by atoms with Crippen LogP contribution in [0.1, 0.15) is 20.9 Å². The van der Waals surface area contributed by atoms with Crippen LogP contribution in [0, 0.1) is 51.1 Å². The minimum Gasteiger partial charge on any atom is -0.406 e. The smallest absolute Gasteiger partial charge is 0.406 e. The van der Waals surface area contributed by atoms with E-state index in [1.807, 2.05) is 24.3 Å². The van der Waals surface area contributed by atoms with Crippen molar-refractivity contribution >= 4 is 22.5 Å². The van der Waals surface area contributed by atoms with Crippen molar-refractivity contribution in [3.8, 4) is 63.4 Å². The van der Waals surface area contributed by atoms with E-state index in [4.69, 9.17) is 0 Å². The van der Waals surface area contributed by atoms with Crippen LogP contribution in [-0.4, -0.2) is 6.36 Å². The van der Waals surface area contributed by atoms with E-state index in [1.165, 1.54) is 47.7 Å². The highest BCUT2D eigenvalue weighted by atomic mass is 32.1. The van der Waals surface area contributed by atoms with Crippen molar-refractivity contribution in [3.05, 3.63) is 98.5 Å². The van der Waals surface area contributed by atoms with E-state index >= 15 is 0 Å². The molecule has 0 fully saturated rings. The lowest BCUT2D eigenvalue weighted by atomic mass is 9.95. The van der Waals surface area contributed by atoms with Gasteiger partial charge in [-0.2, -0.15) is 21.0 Å². The van der Waals surface area contributed by atoms with Crippen LogP contribution in [0.15, 0.2) is 71.8 Å². The number of ether oxygens (including phenoxy) is 1. The van der Waals surface area contributed by atoms with Crippen LogP contribution >= 0.6 is 11.3 Å². The number of thiophene rings is 1. The fourth-order valence-electron chi connectivity index (χ4n) is 5.25. The van der Waals surface area contributed by atoms with Crippen molar-refractivity contribution in [2.45, 2.75) is 6.36 Å². The zero-order chi connectivity index (χ0) is 29.1. The number of benzene rings is 3. The molecule has 0 radical (unpaired) electrons. The molecule has 3 aromatic carbocycles. The van der Waals surface area contributed by atoms with Crippen molar-refractivity contribution in [1.82, 2.24) is 0 Å². The minimum absolute atomic E-state index is 0.151. The second-order valence-corrected chi connectivity index (χ2v) is 10.0. The van der Waals surface area contributed by atoms with Gasteiger partial charge in [0.2, 0.25) is 0 Å². The number of hydrogen-bond donors (Lipinski definition) is 0. The van der Waals surface area contributed by atoms with E-state index in [0.717, 1.165) is 0 Å². The first-order valence-electron chi connectivity index (χ1n) is 11.8. The van der Waals surface area contributed by atoms with E-state index in [0.29, 0.717) is 65.4 Å². The van der Waals surface area contributed by atoms with Gasteiger partial charge in [-0.15, -0.1) is 24.5 Å². The third-order valence-electron chi connectivity index (χ3n) is 6.81. The topological polar surface area (TPSA) is 104 Å². The quantitative estimate of drug-likeness (QED) is 0.157. The first-order valence-corrected chi connectivity index (χ1v) is 12.6. The van der Waals surface area contributed by atoms with Gasteiger partial charge in [-0.3, -0.25) is 0 Å². The molecule has 41 heavy (non-hydrogen) atoms. The summed E-state index contributed by atoms with van der Waals surface area (Å²) in [5.74, 6) is -0.901. The summed E-state index contributed by atoms with van der Waals surface area (Å²) in [7, 11) is 0. The number of allylic oxidation sites excluding steroid dienone is 2. The number of halogens is 4. The van der Waals surface area contributed by atoms with E-state index in [1.54, 1.807) is 24.3 Å². The second kappa shape index (κ2) is 9.21. The Hall–Kier alpha value is -5.68. The molecule has 5 nitrogen and oxygen atoms in total. The molecule has 6 rings (SSSR count). The van der Waals surface area contributed by atoms with Crippen LogP contribution in [0.5, 0.6) is 5.75 Å². The third kappa shape index (κ3) is 3.95. The molecule has 0 spiro atoms. The van der Waals surface area contributed by atoms with Crippen LogP contribution in [0.4, 0.5) is 17.6 Å². The van der Waals surface area contributed by atoms with Crippen molar-refractivity contribution in [3.63, 3.8) is 0 Å². The first-order chi connectivity index (χ1) is 19.7. The Morgan fingerprint density at radius 1 is 0.634 bits per heavy atom. The maximum atomic E-state index is 14.3. The van der Waals surface area contributed by atoms with Crippen molar-refractivity contribution in [2.24, 2.45) is 0 Å². The average molecular weight is 563 g/mol. The Balaban J connectivity index is 1.59. The van der Waals surface area contributed by atoms with Gasteiger partial charge in [-0.1, -0.05) is 30.3 Å². The third-order valence-corrected chi connectivity index (χ3v) is 8.03. The number of nitrogens with zero attached hydrogens (tertiary/aromatic N) is 4. The van der Waals surface area contributed by atoms with Gasteiger partial charge in [0.1, 0.15) is 47.0 Å². The summed E-state index contributed by atoms with van der Waals surface area (Å²) in [5.41, 5.74) is 5.18. The van der Waals surface area contributed by atoms with Gasteiger partial charge in [0, 0.05) is 32.0 Å². The molecule has 10 heteroatoms. The Morgan fingerprint density at radius 2 is 1.12 bits per heavy atom. The molecule has 4 aromatic rings. The van der Waals surface area contributed by atoms with Crippen LogP contribution in [0.2, 0.25) is 0 Å². The Labute approximate surface area is 233 Å². The Kier molecular flexibility index (Phi) is 5.75. The molecule has 0 saturated carbocycles. The molecule has 0 bridgehead atoms. The van der Waals surface area contributed by atoms with E-state index in [9.17, 15) is 38.6 Å². The average Bonchev–Trinajstić information content (AvgIpc) is 3.56. The fraction of sp³-hybridized carbons (Fsp3) is 0.0323. The Bertz CT molecular complexity index is 2030. The van der Waals surface area contributed by atoms with Crippen LogP contribution < -0.4 is 4.74 Å². The van der Waals surface area contributed by atoms with Crippen molar-refractivity contribution in [2.75, 3.05) is 0 Å². The summed E-state index contributed by atoms with van der Waals surface area (Å²) in [5, 5.41) is 39.0. The molecule has 0 saturated heterocycles. The summed E-state index contributed by atoms with van der Waals surface area (Å²) in [6, 6.07) is 22.4. The molecule has 0 amide bonds. The van der Waals surface area contributed by atoms with Gasteiger partial charge in [0.05, 0.1) is 0 Å².